The third-order valence-corrected chi connectivity index (χ3v) is 3.24. The van der Waals surface area contributed by atoms with Crippen molar-refractivity contribution in [2.75, 3.05) is 17.2 Å². The smallest absolute Gasteiger partial charge is 0.273 e. The van der Waals surface area contributed by atoms with Gasteiger partial charge in [0.05, 0.1) is 17.0 Å². The Morgan fingerprint density at radius 3 is 2.63 bits per heavy atom. The second-order valence-corrected chi connectivity index (χ2v) is 4.85. The number of rotatable bonds is 6. The fraction of sp³-hybridized carbons (Fsp3) is 0.250. The van der Waals surface area contributed by atoms with Crippen LogP contribution in [-0.2, 0) is 6.54 Å². The summed E-state index contributed by atoms with van der Waals surface area (Å²) in [4.78, 5) is 15.6. The van der Waals surface area contributed by atoms with Crippen molar-refractivity contribution in [1.82, 2.24) is 4.98 Å². The molecule has 0 spiro atoms. The maximum absolute atomic E-state index is 10.9. The van der Waals surface area contributed by atoms with Gasteiger partial charge in [-0.15, -0.1) is 11.3 Å². The molecule has 0 aliphatic rings. The summed E-state index contributed by atoms with van der Waals surface area (Å²) in [6.45, 7) is 3.27. The summed E-state index contributed by atoms with van der Waals surface area (Å²) in [6, 6.07) is 4.92. The fourth-order valence-electron chi connectivity index (χ4n) is 1.64. The largest absolute Gasteiger partial charge is 0.385 e. The zero-order chi connectivity index (χ0) is 13.7. The molecule has 2 aromatic rings. The van der Waals surface area contributed by atoms with Crippen molar-refractivity contribution < 1.29 is 4.92 Å². The summed E-state index contributed by atoms with van der Waals surface area (Å²) in [7, 11) is 0. The average Bonchev–Trinajstić information content (AvgIpc) is 2.89. The zero-order valence-electron chi connectivity index (χ0n) is 10.4. The van der Waals surface area contributed by atoms with Gasteiger partial charge >= 0.3 is 0 Å². The van der Waals surface area contributed by atoms with E-state index < -0.39 is 4.92 Å². The van der Waals surface area contributed by atoms with Gasteiger partial charge in [-0.3, -0.25) is 15.1 Å². The lowest BCUT2D eigenvalue weighted by atomic mass is 10.2. The molecular weight excluding hydrogens is 264 g/mol. The Balaban J connectivity index is 2.16. The maximum atomic E-state index is 10.9. The molecule has 19 heavy (non-hydrogen) atoms. The van der Waals surface area contributed by atoms with Crippen molar-refractivity contribution in [2.45, 2.75) is 13.5 Å². The highest BCUT2D eigenvalue weighted by molar-refractivity contribution is 7.09. The van der Waals surface area contributed by atoms with E-state index in [4.69, 9.17) is 0 Å². The Bertz CT molecular complexity index is 557. The van der Waals surface area contributed by atoms with Crippen molar-refractivity contribution in [1.29, 1.82) is 0 Å². The number of nitrogens with one attached hydrogen (secondary N) is 2. The Morgan fingerprint density at radius 2 is 2.05 bits per heavy atom. The van der Waals surface area contributed by atoms with Gasteiger partial charge < -0.3 is 10.6 Å². The van der Waals surface area contributed by atoms with E-state index in [9.17, 15) is 10.1 Å². The first-order valence-electron chi connectivity index (χ1n) is 5.83. The molecular formula is C12H14N4O2S. The summed E-state index contributed by atoms with van der Waals surface area (Å²) < 4.78 is 0. The van der Waals surface area contributed by atoms with Gasteiger partial charge in [-0.2, -0.15) is 0 Å². The van der Waals surface area contributed by atoms with Crippen molar-refractivity contribution in [3.05, 3.63) is 44.9 Å². The molecule has 0 radical (unpaired) electrons. The van der Waals surface area contributed by atoms with E-state index in [2.05, 4.69) is 15.6 Å². The second kappa shape index (κ2) is 6.14. The summed E-state index contributed by atoms with van der Waals surface area (Å²) in [6.07, 6.45) is 1.78. The van der Waals surface area contributed by atoms with Crippen LogP contribution in [0.5, 0.6) is 0 Å². The third-order valence-electron chi connectivity index (χ3n) is 2.46. The number of anilines is 2. The summed E-state index contributed by atoms with van der Waals surface area (Å²) in [5, 5.41) is 17.1. The van der Waals surface area contributed by atoms with Crippen LogP contribution in [-0.4, -0.2) is 16.5 Å². The van der Waals surface area contributed by atoms with Crippen LogP contribution in [0, 0.1) is 10.1 Å². The van der Waals surface area contributed by atoms with Crippen LogP contribution >= 0.6 is 11.3 Å². The average molecular weight is 278 g/mol. The summed E-state index contributed by atoms with van der Waals surface area (Å²) >= 11 is 1.54. The molecule has 0 fully saturated rings. The third kappa shape index (κ3) is 3.65. The number of aromatic nitrogens is 1. The molecule has 7 heteroatoms. The van der Waals surface area contributed by atoms with Gasteiger partial charge in [-0.25, -0.2) is 0 Å². The second-order valence-electron chi connectivity index (χ2n) is 3.88. The van der Waals surface area contributed by atoms with Crippen LogP contribution in [0.2, 0.25) is 0 Å². The zero-order valence-corrected chi connectivity index (χ0v) is 11.2. The number of non-ortho nitro benzene ring substituents is 1. The maximum Gasteiger partial charge on any atom is 0.273 e. The number of nitro groups is 1. The van der Waals surface area contributed by atoms with Crippen molar-refractivity contribution >= 4 is 28.4 Å². The molecule has 0 saturated heterocycles. The summed E-state index contributed by atoms with van der Waals surface area (Å²) in [5.41, 5.74) is 3.29. The van der Waals surface area contributed by atoms with Crippen LogP contribution < -0.4 is 10.6 Å². The van der Waals surface area contributed by atoms with E-state index in [1.165, 1.54) is 12.1 Å². The number of hydrogen-bond donors (Lipinski definition) is 2. The molecule has 0 unspecified atom stereocenters. The molecule has 1 aromatic heterocycles. The normalized spacial score (nSPS) is 10.2. The molecule has 100 valence electrons. The lowest BCUT2D eigenvalue weighted by Crippen LogP contribution is -2.02. The molecule has 6 nitrogen and oxygen atoms in total. The minimum absolute atomic E-state index is 0.0743. The number of nitrogens with zero attached hydrogens (tertiary/aromatic N) is 2. The van der Waals surface area contributed by atoms with Gasteiger partial charge in [0.1, 0.15) is 0 Å². The highest BCUT2D eigenvalue weighted by Gasteiger charge is 2.09. The van der Waals surface area contributed by atoms with Gasteiger partial charge in [0, 0.05) is 41.1 Å². The molecule has 2 rings (SSSR count). The lowest BCUT2D eigenvalue weighted by Gasteiger charge is -2.08. The SMILES string of the molecule is CCNc1cc(NCc2cncs2)cc([N+](=O)[O-])c1. The number of nitro benzene ring substituents is 1. The Kier molecular flexibility index (Phi) is 4.30. The minimum atomic E-state index is -0.390. The summed E-state index contributed by atoms with van der Waals surface area (Å²) in [5.74, 6) is 0. The molecule has 0 amide bonds. The Labute approximate surface area is 114 Å². The standard InChI is InChI=1S/C12H14N4O2S/c1-2-14-9-3-10(5-11(4-9)16(17)18)15-7-12-6-13-8-19-12/h3-6,8,14-15H,2,7H2,1H3. The van der Waals surface area contributed by atoms with Gasteiger partial charge in [-0.05, 0) is 13.0 Å². The predicted octanol–water partition coefficient (Wildman–Crippen LogP) is 3.10. The first kappa shape index (κ1) is 13.3. The minimum Gasteiger partial charge on any atom is -0.385 e. The van der Waals surface area contributed by atoms with E-state index in [1.807, 2.05) is 13.0 Å². The Morgan fingerprint density at radius 1 is 1.32 bits per heavy atom. The molecule has 1 heterocycles. The van der Waals surface area contributed by atoms with Gasteiger partial charge in [0.2, 0.25) is 0 Å². The number of benzene rings is 1. The lowest BCUT2D eigenvalue weighted by molar-refractivity contribution is -0.384. The fourth-order valence-corrected chi connectivity index (χ4v) is 2.18. The monoisotopic (exact) mass is 278 g/mol. The topological polar surface area (TPSA) is 80.1 Å². The Hall–Kier alpha value is -2.15. The first-order chi connectivity index (χ1) is 9.19. The van der Waals surface area contributed by atoms with E-state index in [0.29, 0.717) is 6.54 Å². The van der Waals surface area contributed by atoms with Crippen molar-refractivity contribution in [3.8, 4) is 0 Å². The van der Waals surface area contributed by atoms with E-state index in [1.54, 1.807) is 23.0 Å². The van der Waals surface area contributed by atoms with Gasteiger partial charge in [0.15, 0.2) is 0 Å². The highest BCUT2D eigenvalue weighted by Crippen LogP contribution is 2.25. The number of thiazole rings is 1. The molecule has 1 aromatic carbocycles. The van der Waals surface area contributed by atoms with Gasteiger partial charge in [0.25, 0.3) is 5.69 Å². The molecule has 2 N–H and O–H groups in total. The molecule has 0 saturated carbocycles. The van der Waals surface area contributed by atoms with Crippen molar-refractivity contribution in [3.63, 3.8) is 0 Å². The van der Waals surface area contributed by atoms with Crippen molar-refractivity contribution in [2.24, 2.45) is 0 Å². The quantitative estimate of drug-likeness (QED) is 0.627. The van der Waals surface area contributed by atoms with Crippen LogP contribution in [0.4, 0.5) is 17.1 Å². The van der Waals surface area contributed by atoms with E-state index in [-0.39, 0.29) is 5.69 Å². The van der Waals surface area contributed by atoms with E-state index >= 15 is 0 Å². The van der Waals surface area contributed by atoms with Gasteiger partial charge in [-0.1, -0.05) is 0 Å². The van der Waals surface area contributed by atoms with Crippen LogP contribution in [0.1, 0.15) is 11.8 Å². The predicted molar refractivity (Wildman–Crippen MR) is 76.7 cm³/mol. The molecule has 0 atom stereocenters. The van der Waals surface area contributed by atoms with E-state index in [0.717, 1.165) is 22.8 Å². The highest BCUT2D eigenvalue weighted by atomic mass is 32.1. The first-order valence-corrected chi connectivity index (χ1v) is 6.71. The van der Waals surface area contributed by atoms with Crippen LogP contribution in [0.3, 0.4) is 0 Å². The molecule has 0 aliphatic carbocycles. The molecule has 0 bridgehead atoms. The van der Waals surface area contributed by atoms with Crippen LogP contribution in [0.25, 0.3) is 0 Å². The van der Waals surface area contributed by atoms with Crippen LogP contribution in [0.15, 0.2) is 29.9 Å². The number of hydrogen-bond acceptors (Lipinski definition) is 6. The molecule has 0 aliphatic heterocycles.